The monoisotopic (exact) mass is 288 g/mol. The van der Waals surface area contributed by atoms with Gasteiger partial charge in [0.25, 0.3) is 0 Å². The third-order valence-corrected chi connectivity index (χ3v) is 4.67. The summed E-state index contributed by atoms with van der Waals surface area (Å²) in [6.45, 7) is 5.34. The topological polar surface area (TPSA) is 17.8 Å². The first-order valence-electron chi connectivity index (χ1n) is 7.49. The van der Waals surface area contributed by atoms with E-state index in [0.29, 0.717) is 11.8 Å². The fraction of sp³-hybridized carbons (Fsp3) is 0.471. The van der Waals surface area contributed by atoms with Crippen LogP contribution in [0, 0.1) is 0 Å². The Morgan fingerprint density at radius 1 is 1.25 bits per heavy atom. The lowest BCUT2D eigenvalue weighted by molar-refractivity contribution is 0.461. The van der Waals surface area contributed by atoms with Gasteiger partial charge in [0.05, 0.1) is 11.6 Å². The Hall–Kier alpha value is -1.28. The molecule has 0 N–H and O–H groups in total. The molecule has 1 heterocycles. The summed E-state index contributed by atoms with van der Waals surface area (Å²) in [5.41, 5.74) is 6.74. The van der Waals surface area contributed by atoms with Gasteiger partial charge in [-0.1, -0.05) is 38.1 Å². The number of alkyl halides is 1. The molecule has 106 valence electrons. The van der Waals surface area contributed by atoms with Gasteiger partial charge in [-0.05, 0) is 30.4 Å². The van der Waals surface area contributed by atoms with Crippen LogP contribution in [0.15, 0.2) is 24.3 Å². The van der Waals surface area contributed by atoms with E-state index in [1.54, 1.807) is 0 Å². The molecule has 1 atom stereocenters. The number of halogens is 1. The van der Waals surface area contributed by atoms with Crippen molar-refractivity contribution in [1.29, 1.82) is 0 Å². The van der Waals surface area contributed by atoms with E-state index in [9.17, 15) is 0 Å². The predicted molar refractivity (Wildman–Crippen MR) is 83.4 cm³/mol. The van der Waals surface area contributed by atoms with E-state index in [4.69, 9.17) is 16.7 Å². The molecule has 20 heavy (non-hydrogen) atoms. The Kier molecular flexibility index (Phi) is 3.84. The van der Waals surface area contributed by atoms with Crippen molar-refractivity contribution >= 4 is 11.6 Å². The molecule has 0 radical (unpaired) electrons. The molecule has 0 saturated carbocycles. The summed E-state index contributed by atoms with van der Waals surface area (Å²) in [4.78, 5) is 0. The maximum Gasteiger partial charge on any atom is 0.0668 e. The second-order valence-corrected chi connectivity index (χ2v) is 5.76. The fourth-order valence-corrected chi connectivity index (χ4v) is 3.62. The van der Waals surface area contributed by atoms with Crippen LogP contribution in [0.25, 0.3) is 0 Å². The number of hydrogen-bond acceptors (Lipinski definition) is 1. The first-order valence-corrected chi connectivity index (χ1v) is 8.03. The Balaban J connectivity index is 1.87. The molecule has 1 aliphatic rings. The molecule has 0 spiro atoms. The lowest BCUT2D eigenvalue weighted by atomic mass is 9.77. The molecule has 0 saturated heterocycles. The fourth-order valence-electron chi connectivity index (χ4n) is 3.31. The van der Waals surface area contributed by atoms with Crippen molar-refractivity contribution in [3.63, 3.8) is 0 Å². The average molecular weight is 289 g/mol. The quantitative estimate of drug-likeness (QED) is 0.758. The molecule has 2 aromatic rings. The number of hydrogen-bond donors (Lipinski definition) is 0. The predicted octanol–water partition coefficient (Wildman–Crippen LogP) is 4.09. The van der Waals surface area contributed by atoms with Crippen molar-refractivity contribution < 1.29 is 0 Å². The van der Waals surface area contributed by atoms with Gasteiger partial charge >= 0.3 is 0 Å². The van der Waals surface area contributed by atoms with Gasteiger partial charge < -0.3 is 0 Å². The van der Waals surface area contributed by atoms with E-state index in [1.165, 1.54) is 34.5 Å². The molecule has 1 aliphatic carbocycles. The lowest BCUT2D eigenvalue weighted by Gasteiger charge is -2.30. The second-order valence-electron chi connectivity index (χ2n) is 5.49. The molecule has 1 aromatic heterocycles. The van der Waals surface area contributed by atoms with Gasteiger partial charge in [-0.25, -0.2) is 0 Å². The third-order valence-electron chi connectivity index (χ3n) is 4.41. The van der Waals surface area contributed by atoms with Gasteiger partial charge in [0.2, 0.25) is 0 Å². The zero-order valence-corrected chi connectivity index (χ0v) is 13.0. The average Bonchev–Trinajstić information content (AvgIpc) is 2.81. The SMILES string of the molecule is CCc1nn(CC2Cc3ccccc32)c(CC)c1CCl. The normalized spacial score (nSPS) is 16.9. The first kappa shape index (κ1) is 13.7. The van der Waals surface area contributed by atoms with Crippen molar-refractivity contribution in [2.75, 3.05) is 0 Å². The molecule has 0 amide bonds. The summed E-state index contributed by atoms with van der Waals surface area (Å²) >= 11 is 6.12. The number of aryl methyl sites for hydroxylation is 1. The maximum absolute atomic E-state index is 6.12. The van der Waals surface area contributed by atoms with Gasteiger partial charge in [0.15, 0.2) is 0 Å². The van der Waals surface area contributed by atoms with E-state index in [2.05, 4.69) is 42.8 Å². The minimum atomic E-state index is 0.577. The van der Waals surface area contributed by atoms with Crippen molar-refractivity contribution in [2.24, 2.45) is 0 Å². The summed E-state index contributed by atoms with van der Waals surface area (Å²) in [7, 11) is 0. The Bertz CT molecular complexity index is 615. The molecule has 3 heteroatoms. The largest absolute Gasteiger partial charge is 0.268 e. The molecule has 0 bridgehead atoms. The highest BCUT2D eigenvalue weighted by atomic mass is 35.5. The summed E-state index contributed by atoms with van der Waals surface area (Å²) in [6, 6.07) is 8.75. The number of fused-ring (bicyclic) bond motifs is 1. The van der Waals surface area contributed by atoms with Crippen molar-refractivity contribution in [3.8, 4) is 0 Å². The molecule has 1 aromatic carbocycles. The molecule has 0 fully saturated rings. The minimum absolute atomic E-state index is 0.577. The van der Waals surface area contributed by atoms with Crippen LogP contribution in [-0.2, 0) is 31.7 Å². The zero-order valence-electron chi connectivity index (χ0n) is 12.2. The maximum atomic E-state index is 6.12. The van der Waals surface area contributed by atoms with Crippen molar-refractivity contribution in [3.05, 3.63) is 52.3 Å². The molecular formula is C17H21ClN2. The van der Waals surface area contributed by atoms with Gasteiger partial charge in [-0.2, -0.15) is 5.10 Å². The van der Waals surface area contributed by atoms with Crippen LogP contribution in [-0.4, -0.2) is 9.78 Å². The van der Waals surface area contributed by atoms with E-state index >= 15 is 0 Å². The summed E-state index contributed by atoms with van der Waals surface area (Å²) in [6.07, 6.45) is 3.14. The van der Waals surface area contributed by atoms with Crippen molar-refractivity contribution in [1.82, 2.24) is 9.78 Å². The summed E-state index contributed by atoms with van der Waals surface area (Å²) in [5, 5.41) is 4.80. The smallest absolute Gasteiger partial charge is 0.0668 e. The molecular weight excluding hydrogens is 268 g/mol. The Labute approximate surface area is 125 Å². The van der Waals surface area contributed by atoms with E-state index in [-0.39, 0.29) is 0 Å². The number of aromatic nitrogens is 2. The summed E-state index contributed by atoms with van der Waals surface area (Å²) < 4.78 is 2.21. The number of nitrogens with zero attached hydrogens (tertiary/aromatic N) is 2. The van der Waals surface area contributed by atoms with Gasteiger partial charge in [0, 0.05) is 23.7 Å². The van der Waals surface area contributed by atoms with Crippen LogP contribution in [0.3, 0.4) is 0 Å². The molecule has 1 unspecified atom stereocenters. The number of benzene rings is 1. The van der Waals surface area contributed by atoms with E-state index in [1.807, 2.05) is 0 Å². The second kappa shape index (κ2) is 5.61. The van der Waals surface area contributed by atoms with Crippen molar-refractivity contribution in [2.45, 2.75) is 51.5 Å². The first-order chi connectivity index (χ1) is 9.78. The minimum Gasteiger partial charge on any atom is -0.268 e. The Morgan fingerprint density at radius 2 is 2.05 bits per heavy atom. The van der Waals surface area contributed by atoms with Crippen LogP contribution in [0.1, 0.15) is 47.8 Å². The van der Waals surface area contributed by atoms with Crippen LogP contribution in [0.5, 0.6) is 0 Å². The van der Waals surface area contributed by atoms with Gasteiger partial charge in [-0.3, -0.25) is 4.68 Å². The zero-order chi connectivity index (χ0) is 14.1. The van der Waals surface area contributed by atoms with Crippen LogP contribution in [0.4, 0.5) is 0 Å². The van der Waals surface area contributed by atoms with Crippen LogP contribution >= 0.6 is 11.6 Å². The summed E-state index contributed by atoms with van der Waals surface area (Å²) in [5.74, 6) is 1.19. The highest BCUT2D eigenvalue weighted by Crippen LogP contribution is 2.36. The standard InChI is InChI=1S/C17H21ClN2/c1-3-16-15(10-18)17(4-2)20(19-16)11-13-9-12-7-5-6-8-14(12)13/h5-8,13H,3-4,9-11H2,1-2H3. The molecule has 3 rings (SSSR count). The lowest BCUT2D eigenvalue weighted by Crippen LogP contribution is -2.23. The molecule has 2 nitrogen and oxygen atoms in total. The third kappa shape index (κ3) is 2.16. The van der Waals surface area contributed by atoms with E-state index in [0.717, 1.165) is 19.4 Å². The van der Waals surface area contributed by atoms with Gasteiger partial charge in [0.1, 0.15) is 0 Å². The highest BCUT2D eigenvalue weighted by Gasteiger charge is 2.27. The van der Waals surface area contributed by atoms with Crippen LogP contribution < -0.4 is 0 Å². The van der Waals surface area contributed by atoms with Gasteiger partial charge in [-0.15, -0.1) is 11.6 Å². The van der Waals surface area contributed by atoms with Crippen LogP contribution in [0.2, 0.25) is 0 Å². The van der Waals surface area contributed by atoms with E-state index < -0.39 is 0 Å². The number of rotatable bonds is 5. The molecule has 0 aliphatic heterocycles. The highest BCUT2D eigenvalue weighted by molar-refractivity contribution is 6.17. The Morgan fingerprint density at radius 3 is 2.70 bits per heavy atom.